The van der Waals surface area contributed by atoms with Crippen LogP contribution in [0.15, 0.2) is 29.2 Å². The molecule has 1 heterocycles. The molecule has 3 heteroatoms. The van der Waals surface area contributed by atoms with Gasteiger partial charge < -0.3 is 5.32 Å². The number of rotatable bonds is 4. The molecule has 1 N–H and O–H groups in total. The van der Waals surface area contributed by atoms with Gasteiger partial charge >= 0.3 is 0 Å². The minimum atomic E-state index is 0.743. The van der Waals surface area contributed by atoms with Crippen molar-refractivity contribution in [2.24, 2.45) is 0 Å². The zero-order valence-corrected chi connectivity index (χ0v) is 13.2. The van der Waals surface area contributed by atoms with E-state index in [0.29, 0.717) is 0 Å². The maximum absolute atomic E-state index is 3.83. The molecule has 3 unspecified atom stereocenters. The van der Waals surface area contributed by atoms with E-state index in [1.165, 1.54) is 43.5 Å². The first kappa shape index (κ1) is 13.8. The fraction of sp³-hybridized carbons (Fsp3) is 0.625. The van der Waals surface area contributed by atoms with Crippen LogP contribution in [-0.2, 0) is 6.42 Å². The average Bonchev–Trinajstić information content (AvgIpc) is 2.88. The van der Waals surface area contributed by atoms with E-state index in [2.05, 4.69) is 59.4 Å². The Bertz CT molecular complexity index is 396. The lowest BCUT2D eigenvalue weighted by atomic mass is 9.95. The molecule has 3 rings (SSSR count). The third kappa shape index (κ3) is 3.50. The predicted molar refractivity (Wildman–Crippen MR) is 87.4 cm³/mol. The van der Waals surface area contributed by atoms with Gasteiger partial charge in [-0.25, -0.2) is 0 Å². The van der Waals surface area contributed by atoms with E-state index in [1.54, 1.807) is 5.56 Å². The van der Waals surface area contributed by atoms with Crippen molar-refractivity contribution < 1.29 is 0 Å². The maximum atomic E-state index is 3.83. The van der Waals surface area contributed by atoms with Crippen molar-refractivity contribution in [3.8, 4) is 0 Å². The second kappa shape index (κ2) is 6.55. The van der Waals surface area contributed by atoms with Gasteiger partial charge in [-0.15, -0.1) is 11.8 Å². The van der Waals surface area contributed by atoms with Gasteiger partial charge in [0.05, 0.1) is 0 Å². The van der Waals surface area contributed by atoms with Gasteiger partial charge in [-0.05, 0) is 43.6 Å². The summed E-state index contributed by atoms with van der Waals surface area (Å²) in [5.41, 5.74) is 1.55. The second-order valence-corrected chi connectivity index (χ2v) is 8.16. The summed E-state index contributed by atoms with van der Waals surface area (Å²) >= 11 is 4.12. The molecule has 0 bridgehead atoms. The van der Waals surface area contributed by atoms with Gasteiger partial charge in [0.25, 0.3) is 0 Å². The molecule has 1 saturated carbocycles. The van der Waals surface area contributed by atoms with Crippen LogP contribution in [-0.4, -0.2) is 29.3 Å². The quantitative estimate of drug-likeness (QED) is 0.902. The summed E-state index contributed by atoms with van der Waals surface area (Å²) < 4.78 is 0. The molecule has 3 atom stereocenters. The van der Waals surface area contributed by atoms with Crippen molar-refractivity contribution in [1.82, 2.24) is 5.32 Å². The molecule has 2 aliphatic rings. The summed E-state index contributed by atoms with van der Waals surface area (Å²) in [6.45, 7) is 1.17. The molecule has 19 heavy (non-hydrogen) atoms. The third-order valence-electron chi connectivity index (χ3n) is 4.31. The van der Waals surface area contributed by atoms with Crippen molar-refractivity contribution in [2.75, 3.05) is 12.8 Å². The van der Waals surface area contributed by atoms with Crippen LogP contribution in [0.2, 0.25) is 0 Å². The van der Waals surface area contributed by atoms with E-state index >= 15 is 0 Å². The lowest BCUT2D eigenvalue weighted by Gasteiger charge is -2.29. The van der Waals surface area contributed by atoms with Gasteiger partial charge in [0.2, 0.25) is 0 Å². The first-order valence-corrected chi connectivity index (χ1v) is 9.52. The number of fused-ring (bicyclic) bond motifs is 1. The second-order valence-electron chi connectivity index (χ2n) is 5.68. The normalized spacial score (nSPS) is 30.3. The van der Waals surface area contributed by atoms with Gasteiger partial charge in [-0.1, -0.05) is 24.6 Å². The molecule has 1 fully saturated rings. The van der Waals surface area contributed by atoms with E-state index in [0.717, 1.165) is 16.5 Å². The van der Waals surface area contributed by atoms with Gasteiger partial charge in [0.1, 0.15) is 0 Å². The zero-order valence-electron chi connectivity index (χ0n) is 11.6. The molecule has 0 amide bonds. The van der Waals surface area contributed by atoms with Crippen LogP contribution < -0.4 is 5.32 Å². The largest absolute Gasteiger partial charge is 0.313 e. The van der Waals surface area contributed by atoms with Crippen LogP contribution >= 0.6 is 23.5 Å². The summed E-state index contributed by atoms with van der Waals surface area (Å²) in [5.74, 6) is 0. The Balaban J connectivity index is 1.46. The standard InChI is InChI=1S/C16H23NS2/c1-18-14-7-4-6-13(10-14)17-11-15-9-12-5-2-3-8-16(12)19-15/h2-3,5,8,13-15,17H,4,6-7,9-11H2,1H3. The molecule has 0 spiro atoms. The van der Waals surface area contributed by atoms with Crippen molar-refractivity contribution >= 4 is 23.5 Å². The molecule has 1 nitrogen and oxygen atoms in total. The van der Waals surface area contributed by atoms with Crippen LogP contribution in [0, 0.1) is 0 Å². The highest BCUT2D eigenvalue weighted by Crippen LogP contribution is 2.36. The van der Waals surface area contributed by atoms with Crippen LogP contribution in [0.5, 0.6) is 0 Å². The van der Waals surface area contributed by atoms with Gasteiger partial charge in [0, 0.05) is 28.0 Å². The van der Waals surface area contributed by atoms with Crippen molar-refractivity contribution in [2.45, 2.75) is 53.5 Å². The average molecular weight is 294 g/mol. The number of thioether (sulfide) groups is 2. The highest BCUT2D eigenvalue weighted by Gasteiger charge is 2.25. The Morgan fingerprint density at radius 3 is 3.05 bits per heavy atom. The Kier molecular flexibility index (Phi) is 4.78. The molecular weight excluding hydrogens is 270 g/mol. The Morgan fingerprint density at radius 2 is 2.21 bits per heavy atom. The Labute approximate surface area is 125 Å². The van der Waals surface area contributed by atoms with Gasteiger partial charge in [-0.3, -0.25) is 0 Å². The zero-order chi connectivity index (χ0) is 13.1. The molecule has 1 aliphatic heterocycles. The number of nitrogens with one attached hydrogen (secondary N) is 1. The fourth-order valence-electron chi connectivity index (χ4n) is 3.21. The highest BCUT2D eigenvalue weighted by atomic mass is 32.2. The topological polar surface area (TPSA) is 12.0 Å². The highest BCUT2D eigenvalue weighted by molar-refractivity contribution is 8.00. The van der Waals surface area contributed by atoms with Crippen molar-refractivity contribution in [1.29, 1.82) is 0 Å². The van der Waals surface area contributed by atoms with Crippen LogP contribution in [0.25, 0.3) is 0 Å². The third-order valence-corrected chi connectivity index (χ3v) is 6.72. The lowest BCUT2D eigenvalue weighted by molar-refractivity contribution is 0.382. The van der Waals surface area contributed by atoms with E-state index in [4.69, 9.17) is 0 Å². The molecule has 0 aromatic heterocycles. The van der Waals surface area contributed by atoms with Crippen LogP contribution in [0.4, 0.5) is 0 Å². The van der Waals surface area contributed by atoms with Gasteiger partial charge in [-0.2, -0.15) is 11.8 Å². The Morgan fingerprint density at radius 1 is 1.32 bits per heavy atom. The molecule has 104 valence electrons. The monoisotopic (exact) mass is 293 g/mol. The molecule has 1 aromatic rings. The summed E-state index contributed by atoms with van der Waals surface area (Å²) in [5, 5.41) is 5.46. The first-order chi connectivity index (χ1) is 9.35. The minimum absolute atomic E-state index is 0.743. The van der Waals surface area contributed by atoms with Crippen molar-refractivity contribution in [3.63, 3.8) is 0 Å². The van der Waals surface area contributed by atoms with Crippen LogP contribution in [0.1, 0.15) is 31.2 Å². The predicted octanol–water partition coefficient (Wildman–Crippen LogP) is 3.97. The van der Waals surface area contributed by atoms with E-state index in [1.807, 2.05) is 0 Å². The summed E-state index contributed by atoms with van der Waals surface area (Å²) in [7, 11) is 0. The van der Waals surface area contributed by atoms with E-state index < -0.39 is 0 Å². The minimum Gasteiger partial charge on any atom is -0.313 e. The molecule has 1 aliphatic carbocycles. The SMILES string of the molecule is CSC1CCCC(NCC2Cc3ccccc3S2)C1. The molecule has 1 aromatic carbocycles. The van der Waals surface area contributed by atoms with E-state index in [9.17, 15) is 0 Å². The van der Waals surface area contributed by atoms with E-state index in [-0.39, 0.29) is 0 Å². The fourth-order valence-corrected chi connectivity index (χ4v) is 5.30. The first-order valence-electron chi connectivity index (χ1n) is 7.36. The summed E-state index contributed by atoms with van der Waals surface area (Å²) in [6, 6.07) is 9.64. The summed E-state index contributed by atoms with van der Waals surface area (Å²) in [4.78, 5) is 1.50. The Hall–Kier alpha value is -0.120. The smallest absolute Gasteiger partial charge is 0.0260 e. The number of hydrogen-bond acceptors (Lipinski definition) is 3. The van der Waals surface area contributed by atoms with Crippen molar-refractivity contribution in [3.05, 3.63) is 29.8 Å². The molecular formula is C16H23NS2. The van der Waals surface area contributed by atoms with Gasteiger partial charge in [0.15, 0.2) is 0 Å². The maximum Gasteiger partial charge on any atom is 0.0260 e. The summed E-state index contributed by atoms with van der Waals surface area (Å²) in [6.07, 6.45) is 9.07. The number of hydrogen-bond donors (Lipinski definition) is 1. The number of benzene rings is 1. The lowest BCUT2D eigenvalue weighted by Crippen LogP contribution is -2.38. The van der Waals surface area contributed by atoms with Crippen LogP contribution in [0.3, 0.4) is 0 Å². The molecule has 0 radical (unpaired) electrons. The molecule has 0 saturated heterocycles.